The minimum absolute atomic E-state index is 0.0530. The van der Waals surface area contributed by atoms with Crippen LogP contribution in [0.15, 0.2) is 48.7 Å². The molecule has 5 rings (SSSR count). The molecule has 2 N–H and O–H groups in total. The van der Waals surface area contributed by atoms with Crippen molar-refractivity contribution in [1.82, 2.24) is 14.9 Å². The van der Waals surface area contributed by atoms with Crippen LogP contribution in [-0.4, -0.2) is 53.7 Å². The van der Waals surface area contributed by atoms with Gasteiger partial charge in [-0.1, -0.05) is 29.3 Å². The lowest BCUT2D eigenvalue weighted by molar-refractivity contribution is 0.0932. The fourth-order valence-corrected chi connectivity index (χ4v) is 5.28. The van der Waals surface area contributed by atoms with Crippen molar-refractivity contribution < 1.29 is 9.53 Å². The van der Waals surface area contributed by atoms with Crippen molar-refractivity contribution >= 4 is 52.1 Å². The smallest absolute Gasteiger partial charge is 0.268 e. The SMILES string of the molecule is CN(C)C1CCC(Nc2ccc(Nc3ncc4c(n3)OCN(c3c(Cl)cccc3Cl)C4=O)cc2)CC1. The molecule has 2 aliphatic rings. The first-order chi connectivity index (χ1) is 17.4. The molecule has 0 radical (unpaired) electrons. The van der Waals surface area contributed by atoms with Gasteiger partial charge in [0.05, 0.1) is 15.7 Å². The Labute approximate surface area is 220 Å². The second-order valence-corrected chi connectivity index (χ2v) is 10.1. The van der Waals surface area contributed by atoms with Gasteiger partial charge in [-0.15, -0.1) is 0 Å². The maximum absolute atomic E-state index is 13.1. The summed E-state index contributed by atoms with van der Waals surface area (Å²) in [5.41, 5.74) is 2.57. The second kappa shape index (κ2) is 10.5. The summed E-state index contributed by atoms with van der Waals surface area (Å²) in [7, 11) is 4.32. The Bertz CT molecular complexity index is 1230. The number of halogens is 2. The van der Waals surface area contributed by atoms with Gasteiger partial charge in [-0.3, -0.25) is 9.69 Å². The predicted molar refractivity (Wildman–Crippen MR) is 144 cm³/mol. The molecule has 1 aromatic heterocycles. The monoisotopic (exact) mass is 526 g/mol. The van der Waals surface area contributed by atoms with E-state index in [0.29, 0.717) is 33.8 Å². The fraction of sp³-hybridized carbons (Fsp3) is 0.346. The van der Waals surface area contributed by atoms with Crippen molar-refractivity contribution in [2.75, 3.05) is 36.4 Å². The Hall–Kier alpha value is -3.07. The maximum Gasteiger partial charge on any atom is 0.268 e. The van der Waals surface area contributed by atoms with Crippen LogP contribution >= 0.6 is 23.2 Å². The van der Waals surface area contributed by atoms with Crippen LogP contribution in [0.2, 0.25) is 10.0 Å². The molecule has 1 fully saturated rings. The van der Waals surface area contributed by atoms with Gasteiger partial charge in [0.1, 0.15) is 5.56 Å². The van der Waals surface area contributed by atoms with Gasteiger partial charge in [0.15, 0.2) is 6.73 Å². The van der Waals surface area contributed by atoms with Crippen LogP contribution in [0, 0.1) is 0 Å². The number of anilines is 4. The molecule has 1 aliphatic carbocycles. The van der Waals surface area contributed by atoms with E-state index in [-0.39, 0.29) is 24.1 Å². The average molecular weight is 527 g/mol. The van der Waals surface area contributed by atoms with Crippen LogP contribution in [0.5, 0.6) is 5.88 Å². The molecule has 8 nitrogen and oxygen atoms in total. The lowest BCUT2D eigenvalue weighted by atomic mass is 9.90. The number of carbonyl (C=O) groups excluding carboxylic acids is 1. The molecule has 36 heavy (non-hydrogen) atoms. The number of fused-ring (bicyclic) bond motifs is 1. The van der Waals surface area contributed by atoms with Crippen molar-refractivity contribution in [3.05, 3.63) is 64.3 Å². The van der Waals surface area contributed by atoms with Crippen LogP contribution < -0.4 is 20.3 Å². The Balaban J connectivity index is 1.22. The molecule has 0 unspecified atom stereocenters. The third kappa shape index (κ3) is 5.21. The van der Waals surface area contributed by atoms with E-state index in [1.54, 1.807) is 18.2 Å². The number of para-hydroxylation sites is 1. The van der Waals surface area contributed by atoms with Gasteiger partial charge < -0.3 is 20.3 Å². The van der Waals surface area contributed by atoms with Gasteiger partial charge in [-0.25, -0.2) is 4.98 Å². The Morgan fingerprint density at radius 2 is 1.67 bits per heavy atom. The number of hydrogen-bond acceptors (Lipinski definition) is 7. The first-order valence-corrected chi connectivity index (χ1v) is 12.7. The highest BCUT2D eigenvalue weighted by Crippen LogP contribution is 2.37. The van der Waals surface area contributed by atoms with Crippen molar-refractivity contribution in [2.45, 2.75) is 37.8 Å². The van der Waals surface area contributed by atoms with Gasteiger partial charge in [0.25, 0.3) is 5.91 Å². The standard InChI is InChI=1S/C26H28Cl2N6O2/c1-33(2)19-12-10-17(11-13-19)30-16-6-8-18(9-7-16)31-26-29-14-20-24(32-26)36-15-34(25(20)35)23-21(27)4-3-5-22(23)28/h3-9,14,17,19,30H,10-13,15H2,1-2H3,(H,29,31,32). The minimum Gasteiger partial charge on any atom is -0.455 e. The summed E-state index contributed by atoms with van der Waals surface area (Å²) in [6, 6.07) is 14.3. The van der Waals surface area contributed by atoms with E-state index >= 15 is 0 Å². The summed E-state index contributed by atoms with van der Waals surface area (Å²) < 4.78 is 5.76. The first kappa shape index (κ1) is 24.6. The van der Waals surface area contributed by atoms with E-state index < -0.39 is 0 Å². The largest absolute Gasteiger partial charge is 0.455 e. The van der Waals surface area contributed by atoms with Gasteiger partial charge in [0.2, 0.25) is 11.8 Å². The molecule has 188 valence electrons. The number of carbonyl (C=O) groups is 1. The van der Waals surface area contributed by atoms with E-state index in [9.17, 15) is 4.79 Å². The number of ether oxygens (including phenoxy) is 1. The highest BCUT2D eigenvalue weighted by Gasteiger charge is 2.31. The van der Waals surface area contributed by atoms with Crippen molar-refractivity contribution in [3.63, 3.8) is 0 Å². The minimum atomic E-state index is -0.326. The highest BCUT2D eigenvalue weighted by atomic mass is 35.5. The van der Waals surface area contributed by atoms with Crippen LogP contribution in [0.25, 0.3) is 0 Å². The van der Waals surface area contributed by atoms with Crippen molar-refractivity contribution in [3.8, 4) is 5.88 Å². The third-order valence-electron chi connectivity index (χ3n) is 6.71. The summed E-state index contributed by atoms with van der Waals surface area (Å²) >= 11 is 12.5. The fourth-order valence-electron chi connectivity index (χ4n) is 4.68. The molecule has 3 aromatic rings. The quantitative estimate of drug-likeness (QED) is 0.419. The molecule has 1 saturated carbocycles. The van der Waals surface area contributed by atoms with Crippen molar-refractivity contribution in [1.29, 1.82) is 0 Å². The molecule has 0 atom stereocenters. The molecule has 10 heteroatoms. The molecular formula is C26H28Cl2N6O2. The second-order valence-electron chi connectivity index (χ2n) is 9.31. The third-order valence-corrected chi connectivity index (χ3v) is 7.32. The maximum atomic E-state index is 13.1. The number of rotatable bonds is 6. The number of aromatic nitrogens is 2. The van der Waals surface area contributed by atoms with E-state index in [0.717, 1.165) is 11.4 Å². The van der Waals surface area contributed by atoms with Gasteiger partial charge in [0, 0.05) is 29.7 Å². The zero-order chi connectivity index (χ0) is 25.2. The summed E-state index contributed by atoms with van der Waals surface area (Å²) in [5, 5.41) is 7.55. The summed E-state index contributed by atoms with van der Waals surface area (Å²) in [5.74, 6) is 0.227. The predicted octanol–water partition coefficient (Wildman–Crippen LogP) is 5.81. The molecule has 2 heterocycles. The van der Waals surface area contributed by atoms with Crippen LogP contribution in [0.3, 0.4) is 0 Å². The normalized spacial score (nSPS) is 19.6. The topological polar surface area (TPSA) is 82.6 Å². The molecule has 2 aromatic carbocycles. The summed E-state index contributed by atoms with van der Waals surface area (Å²) in [6.07, 6.45) is 6.22. The van der Waals surface area contributed by atoms with Crippen molar-refractivity contribution in [2.24, 2.45) is 0 Å². The Kier molecular flexibility index (Phi) is 7.18. The number of benzene rings is 2. The van der Waals surface area contributed by atoms with Gasteiger partial charge >= 0.3 is 0 Å². The van der Waals surface area contributed by atoms with E-state index in [1.165, 1.54) is 36.8 Å². The zero-order valence-electron chi connectivity index (χ0n) is 20.2. The van der Waals surface area contributed by atoms with Crippen LogP contribution in [0.4, 0.5) is 23.0 Å². The summed E-state index contributed by atoms with van der Waals surface area (Å²) in [6.45, 7) is -0.0530. The number of amides is 1. The first-order valence-electron chi connectivity index (χ1n) is 11.9. The highest BCUT2D eigenvalue weighted by molar-refractivity contribution is 6.40. The van der Waals surface area contributed by atoms with E-state index in [1.807, 2.05) is 24.3 Å². The van der Waals surface area contributed by atoms with E-state index in [2.05, 4.69) is 39.6 Å². The van der Waals surface area contributed by atoms with Gasteiger partial charge in [-0.05, 0) is 76.2 Å². The molecule has 1 amide bonds. The van der Waals surface area contributed by atoms with E-state index in [4.69, 9.17) is 27.9 Å². The number of nitrogens with zero attached hydrogens (tertiary/aromatic N) is 4. The Morgan fingerprint density at radius 3 is 2.33 bits per heavy atom. The lowest BCUT2D eigenvalue weighted by Crippen LogP contribution is -2.39. The molecule has 1 aliphatic heterocycles. The lowest BCUT2D eigenvalue weighted by Gasteiger charge is -2.33. The van der Waals surface area contributed by atoms with Crippen LogP contribution in [-0.2, 0) is 0 Å². The number of hydrogen-bond donors (Lipinski definition) is 2. The summed E-state index contributed by atoms with van der Waals surface area (Å²) in [4.78, 5) is 25.5. The molecule has 0 bridgehead atoms. The Morgan fingerprint density at radius 1 is 1.00 bits per heavy atom. The number of nitrogens with one attached hydrogen (secondary N) is 2. The molecule has 0 saturated heterocycles. The zero-order valence-corrected chi connectivity index (χ0v) is 21.7. The molecule has 0 spiro atoms. The van der Waals surface area contributed by atoms with Gasteiger partial charge in [-0.2, -0.15) is 4.98 Å². The average Bonchev–Trinajstić information content (AvgIpc) is 2.87. The van der Waals surface area contributed by atoms with Crippen LogP contribution in [0.1, 0.15) is 36.0 Å². The molecular weight excluding hydrogens is 499 g/mol.